The lowest BCUT2D eigenvalue weighted by Crippen LogP contribution is -2.12. The lowest BCUT2D eigenvalue weighted by Gasteiger charge is -2.09. The summed E-state index contributed by atoms with van der Waals surface area (Å²) in [5.74, 6) is 0. The van der Waals surface area contributed by atoms with E-state index in [-0.39, 0.29) is 15.2 Å². The summed E-state index contributed by atoms with van der Waals surface area (Å²) >= 11 is 2.94. The molecule has 1 N–H and O–H groups in total. The van der Waals surface area contributed by atoms with Gasteiger partial charge in [-0.3, -0.25) is 4.79 Å². The van der Waals surface area contributed by atoms with Gasteiger partial charge in [-0.15, -0.1) is 0 Å². The zero-order valence-corrected chi connectivity index (χ0v) is 9.19. The number of hydrogen-bond acceptors (Lipinski definition) is 2. The fourth-order valence-corrected chi connectivity index (χ4v) is 1.85. The number of aromatic amines is 1. The summed E-state index contributed by atoms with van der Waals surface area (Å²) in [6.45, 7) is 0. The van der Waals surface area contributed by atoms with Gasteiger partial charge in [0.15, 0.2) is 0 Å². The van der Waals surface area contributed by atoms with Gasteiger partial charge < -0.3 is 0 Å². The van der Waals surface area contributed by atoms with Crippen LogP contribution in [0.3, 0.4) is 0 Å². The van der Waals surface area contributed by atoms with E-state index in [1.54, 1.807) is 0 Å². The summed E-state index contributed by atoms with van der Waals surface area (Å²) < 4.78 is 38.2. The quantitative estimate of drug-likeness (QED) is 0.811. The maximum Gasteiger partial charge on any atom is 0.417 e. The van der Waals surface area contributed by atoms with E-state index in [1.165, 1.54) is 6.07 Å². The third kappa shape index (κ3) is 1.82. The van der Waals surface area contributed by atoms with Gasteiger partial charge in [-0.1, -0.05) is 15.9 Å². The van der Waals surface area contributed by atoms with Crippen molar-refractivity contribution in [3.05, 3.63) is 38.7 Å². The molecule has 0 aliphatic rings. The third-order valence-electron chi connectivity index (χ3n) is 2.05. The summed E-state index contributed by atoms with van der Waals surface area (Å²) in [5.41, 5.74) is -1.53. The molecule has 0 bridgehead atoms. The van der Waals surface area contributed by atoms with Crippen molar-refractivity contribution >= 4 is 26.7 Å². The molecule has 0 saturated carbocycles. The van der Waals surface area contributed by atoms with Crippen LogP contribution in [0.5, 0.6) is 0 Å². The predicted octanol–water partition coefficient (Wildman–Crippen LogP) is 2.70. The van der Waals surface area contributed by atoms with E-state index in [1.807, 2.05) is 0 Å². The summed E-state index contributed by atoms with van der Waals surface area (Å²) in [6.07, 6.45) is -3.52. The molecule has 2 rings (SSSR count). The van der Waals surface area contributed by atoms with Crippen LogP contribution in [0.15, 0.2) is 27.6 Å². The SMILES string of the molecule is O=c1[nH]ncc2c(C(F)(F)F)cc(Br)cc12. The monoisotopic (exact) mass is 292 g/mol. The number of aromatic nitrogens is 2. The van der Waals surface area contributed by atoms with Crippen LogP contribution in [0, 0.1) is 0 Å². The molecule has 0 fully saturated rings. The number of halogens is 4. The second-order valence-electron chi connectivity index (χ2n) is 3.11. The molecule has 0 radical (unpaired) electrons. The van der Waals surface area contributed by atoms with Crippen molar-refractivity contribution in [1.82, 2.24) is 10.2 Å². The number of alkyl halides is 3. The summed E-state index contributed by atoms with van der Waals surface area (Å²) in [5, 5.41) is 5.20. The van der Waals surface area contributed by atoms with E-state index in [9.17, 15) is 18.0 Å². The first kappa shape index (κ1) is 11.1. The van der Waals surface area contributed by atoms with Gasteiger partial charge in [0.1, 0.15) is 0 Å². The lowest BCUT2D eigenvalue weighted by atomic mass is 10.1. The highest BCUT2D eigenvalue weighted by Crippen LogP contribution is 2.35. The summed E-state index contributed by atoms with van der Waals surface area (Å²) in [6, 6.07) is 2.24. The van der Waals surface area contributed by atoms with E-state index >= 15 is 0 Å². The van der Waals surface area contributed by atoms with Crippen molar-refractivity contribution in [2.24, 2.45) is 0 Å². The molecule has 0 amide bonds. The molecule has 1 heterocycles. The second-order valence-corrected chi connectivity index (χ2v) is 4.03. The van der Waals surface area contributed by atoms with E-state index in [0.29, 0.717) is 0 Å². The van der Waals surface area contributed by atoms with Crippen LogP contribution in [0.1, 0.15) is 5.56 Å². The van der Waals surface area contributed by atoms with Crippen molar-refractivity contribution in [2.45, 2.75) is 6.18 Å². The normalized spacial score (nSPS) is 12.0. The van der Waals surface area contributed by atoms with Crippen molar-refractivity contribution in [3.63, 3.8) is 0 Å². The number of hydrogen-bond donors (Lipinski definition) is 1. The van der Waals surface area contributed by atoms with Crippen molar-refractivity contribution < 1.29 is 13.2 Å². The Kier molecular flexibility index (Phi) is 2.49. The topological polar surface area (TPSA) is 45.8 Å². The van der Waals surface area contributed by atoms with E-state index in [2.05, 4.69) is 26.1 Å². The van der Waals surface area contributed by atoms with Gasteiger partial charge in [0.25, 0.3) is 5.56 Å². The maximum absolute atomic E-state index is 12.7. The van der Waals surface area contributed by atoms with Gasteiger partial charge in [0.2, 0.25) is 0 Å². The molecular formula is C9H4BrF3N2O. The standard InChI is InChI=1S/C9H4BrF3N2O/c10-4-1-5-6(3-14-15-8(5)16)7(2-4)9(11,12)13/h1-3H,(H,15,16). The van der Waals surface area contributed by atoms with E-state index in [4.69, 9.17) is 0 Å². The van der Waals surface area contributed by atoms with Crippen LogP contribution in [-0.2, 0) is 6.18 Å². The number of nitrogens with zero attached hydrogens (tertiary/aromatic N) is 1. The van der Waals surface area contributed by atoms with Crippen LogP contribution >= 0.6 is 15.9 Å². The minimum Gasteiger partial charge on any atom is -0.267 e. The Morgan fingerprint density at radius 1 is 1.25 bits per heavy atom. The molecule has 0 unspecified atom stereocenters. The molecule has 0 aliphatic carbocycles. The van der Waals surface area contributed by atoms with Crippen LogP contribution in [0.4, 0.5) is 13.2 Å². The van der Waals surface area contributed by atoms with E-state index < -0.39 is 17.3 Å². The Hall–Kier alpha value is -1.37. The van der Waals surface area contributed by atoms with Crippen LogP contribution in [-0.4, -0.2) is 10.2 Å². The molecule has 1 aromatic carbocycles. The first-order valence-corrected chi connectivity index (χ1v) is 4.93. The second kappa shape index (κ2) is 3.58. The van der Waals surface area contributed by atoms with Crippen LogP contribution in [0.2, 0.25) is 0 Å². The smallest absolute Gasteiger partial charge is 0.267 e. The Balaban J connectivity index is 2.95. The van der Waals surface area contributed by atoms with Crippen molar-refractivity contribution in [1.29, 1.82) is 0 Å². The molecule has 7 heteroatoms. The van der Waals surface area contributed by atoms with Crippen molar-refractivity contribution in [2.75, 3.05) is 0 Å². The lowest BCUT2D eigenvalue weighted by molar-refractivity contribution is -0.136. The Labute approximate surface area is 95.4 Å². The average molecular weight is 293 g/mol. The number of nitrogens with one attached hydrogen (secondary N) is 1. The first-order valence-electron chi connectivity index (χ1n) is 4.14. The van der Waals surface area contributed by atoms with E-state index in [0.717, 1.165) is 12.3 Å². The minimum atomic E-state index is -4.52. The average Bonchev–Trinajstić information content (AvgIpc) is 2.17. The molecule has 0 spiro atoms. The summed E-state index contributed by atoms with van der Waals surface area (Å²) in [7, 11) is 0. The fourth-order valence-electron chi connectivity index (χ4n) is 1.40. The fraction of sp³-hybridized carbons (Fsp3) is 0.111. The third-order valence-corrected chi connectivity index (χ3v) is 2.51. The van der Waals surface area contributed by atoms with Crippen molar-refractivity contribution in [3.8, 4) is 0 Å². The Morgan fingerprint density at radius 3 is 2.56 bits per heavy atom. The molecule has 1 aromatic heterocycles. The zero-order chi connectivity index (χ0) is 11.9. The Morgan fingerprint density at radius 2 is 1.94 bits per heavy atom. The molecule has 2 aromatic rings. The maximum atomic E-state index is 12.7. The van der Waals surface area contributed by atoms with Gasteiger partial charge in [-0.25, -0.2) is 5.10 Å². The highest BCUT2D eigenvalue weighted by Gasteiger charge is 2.33. The molecule has 16 heavy (non-hydrogen) atoms. The highest BCUT2D eigenvalue weighted by molar-refractivity contribution is 9.10. The van der Waals surface area contributed by atoms with Crippen LogP contribution in [0.25, 0.3) is 10.8 Å². The molecular weight excluding hydrogens is 289 g/mol. The largest absolute Gasteiger partial charge is 0.417 e. The number of fused-ring (bicyclic) bond motifs is 1. The molecule has 84 valence electrons. The van der Waals surface area contributed by atoms with Crippen LogP contribution < -0.4 is 5.56 Å². The van der Waals surface area contributed by atoms with Gasteiger partial charge in [0, 0.05) is 9.86 Å². The minimum absolute atomic E-state index is 0.0447. The number of H-pyrrole nitrogens is 1. The number of rotatable bonds is 0. The molecule has 0 aliphatic heterocycles. The molecule has 0 saturated heterocycles. The summed E-state index contributed by atoms with van der Waals surface area (Å²) in [4.78, 5) is 11.3. The first-order chi connectivity index (χ1) is 7.39. The highest BCUT2D eigenvalue weighted by atomic mass is 79.9. The Bertz CT molecular complexity index is 606. The molecule has 3 nitrogen and oxygen atoms in total. The predicted molar refractivity (Wildman–Crippen MR) is 55.1 cm³/mol. The molecule has 0 atom stereocenters. The van der Waals surface area contributed by atoms with Gasteiger partial charge in [-0.05, 0) is 12.1 Å². The van der Waals surface area contributed by atoms with Gasteiger partial charge in [-0.2, -0.15) is 18.3 Å². The van der Waals surface area contributed by atoms with Gasteiger partial charge >= 0.3 is 6.18 Å². The zero-order valence-electron chi connectivity index (χ0n) is 7.60. The number of benzene rings is 1. The van der Waals surface area contributed by atoms with Gasteiger partial charge in [0.05, 0.1) is 17.1 Å².